The van der Waals surface area contributed by atoms with E-state index in [2.05, 4.69) is 4.84 Å². The highest BCUT2D eigenvalue weighted by molar-refractivity contribution is 7.89. The van der Waals surface area contributed by atoms with Gasteiger partial charge in [0, 0.05) is 23.1 Å². The second-order valence-corrected chi connectivity index (χ2v) is 8.62. The van der Waals surface area contributed by atoms with E-state index >= 15 is 0 Å². The summed E-state index contributed by atoms with van der Waals surface area (Å²) in [6.07, 6.45) is 2.75. The standard InChI is InChI=1S/C19H19FN2O4S/c1-26-21-27(24,25)14-8-6-13(7-9-14)18(23)22-12-19(10-3-11-19)17-15(20)4-2-5-16(17)22/h2,4-9,21H,3,10-12H2,1H3. The Kier molecular flexibility index (Phi) is 4.29. The molecule has 4 rings (SSSR count). The summed E-state index contributed by atoms with van der Waals surface area (Å²) >= 11 is 0. The number of halogens is 1. The van der Waals surface area contributed by atoms with Crippen molar-refractivity contribution >= 4 is 21.6 Å². The Morgan fingerprint density at radius 3 is 2.48 bits per heavy atom. The molecule has 2 aromatic rings. The summed E-state index contributed by atoms with van der Waals surface area (Å²) in [5.41, 5.74) is 1.30. The molecule has 1 fully saturated rings. The Hall–Kier alpha value is -2.29. The number of nitrogens with zero attached hydrogens (tertiary/aromatic N) is 1. The van der Waals surface area contributed by atoms with Gasteiger partial charge >= 0.3 is 0 Å². The van der Waals surface area contributed by atoms with Crippen LogP contribution >= 0.6 is 0 Å². The van der Waals surface area contributed by atoms with Gasteiger partial charge in [0.05, 0.1) is 17.7 Å². The minimum atomic E-state index is -3.79. The van der Waals surface area contributed by atoms with Crippen LogP contribution in [0.3, 0.4) is 0 Å². The quantitative estimate of drug-likeness (QED) is 0.815. The molecule has 0 aromatic heterocycles. The molecule has 2 aromatic carbocycles. The fraction of sp³-hybridized carbons (Fsp3) is 0.316. The van der Waals surface area contributed by atoms with E-state index in [0.717, 1.165) is 19.3 Å². The van der Waals surface area contributed by atoms with Crippen LogP contribution in [0.15, 0.2) is 47.4 Å². The zero-order valence-corrected chi connectivity index (χ0v) is 15.6. The molecule has 1 N–H and O–H groups in total. The second-order valence-electron chi connectivity index (χ2n) is 6.97. The number of nitrogens with one attached hydrogen (secondary N) is 1. The highest BCUT2D eigenvalue weighted by Crippen LogP contribution is 2.53. The largest absolute Gasteiger partial charge is 0.307 e. The van der Waals surface area contributed by atoms with Crippen LogP contribution in [0.25, 0.3) is 0 Å². The highest BCUT2D eigenvalue weighted by Gasteiger charge is 2.50. The molecule has 1 saturated carbocycles. The number of carbonyl (C=O) groups excluding carboxylic acids is 1. The van der Waals surface area contributed by atoms with E-state index in [1.54, 1.807) is 17.0 Å². The normalized spacial score (nSPS) is 17.6. The molecule has 2 aliphatic rings. The lowest BCUT2D eigenvalue weighted by Gasteiger charge is -2.39. The highest BCUT2D eigenvalue weighted by atomic mass is 32.2. The molecule has 0 radical (unpaired) electrons. The molecule has 0 atom stereocenters. The maximum atomic E-state index is 14.5. The number of carbonyl (C=O) groups is 1. The molecule has 0 saturated heterocycles. The summed E-state index contributed by atoms with van der Waals surface area (Å²) in [4.78, 5) is 21.0. The van der Waals surface area contributed by atoms with Gasteiger partial charge in [0.15, 0.2) is 0 Å². The summed E-state index contributed by atoms with van der Waals surface area (Å²) in [5.74, 6) is -0.538. The van der Waals surface area contributed by atoms with Crippen molar-refractivity contribution in [1.82, 2.24) is 4.89 Å². The van der Waals surface area contributed by atoms with Crippen LogP contribution in [0.1, 0.15) is 35.2 Å². The lowest BCUT2D eigenvalue weighted by atomic mass is 9.65. The number of fused-ring (bicyclic) bond motifs is 2. The Bertz CT molecular complexity index is 1000. The van der Waals surface area contributed by atoms with Crippen molar-refractivity contribution in [3.8, 4) is 0 Å². The van der Waals surface area contributed by atoms with E-state index < -0.39 is 10.0 Å². The van der Waals surface area contributed by atoms with Gasteiger partial charge in [-0.1, -0.05) is 17.4 Å². The van der Waals surface area contributed by atoms with Gasteiger partial charge in [-0.15, -0.1) is 0 Å². The van der Waals surface area contributed by atoms with Crippen LogP contribution in [0.4, 0.5) is 10.1 Å². The van der Waals surface area contributed by atoms with Crippen molar-refractivity contribution in [2.24, 2.45) is 0 Å². The lowest BCUT2D eigenvalue weighted by molar-refractivity contribution is 0.0978. The maximum absolute atomic E-state index is 14.5. The van der Waals surface area contributed by atoms with Crippen molar-refractivity contribution < 1.29 is 22.4 Å². The average molecular weight is 390 g/mol. The van der Waals surface area contributed by atoms with E-state index in [0.29, 0.717) is 23.4 Å². The summed E-state index contributed by atoms with van der Waals surface area (Å²) in [6.45, 7) is 0.452. The third-order valence-electron chi connectivity index (χ3n) is 5.43. The van der Waals surface area contributed by atoms with Crippen molar-refractivity contribution in [2.45, 2.75) is 29.6 Å². The molecule has 0 unspecified atom stereocenters. The fourth-order valence-electron chi connectivity index (χ4n) is 4.01. The SMILES string of the molecule is CONS(=O)(=O)c1ccc(C(=O)N2CC3(CCC3)c3c(F)cccc32)cc1. The first kappa shape index (κ1) is 18.1. The molecule has 142 valence electrons. The number of amides is 1. The van der Waals surface area contributed by atoms with E-state index in [-0.39, 0.29) is 22.0 Å². The molecule has 6 nitrogen and oxygen atoms in total. The molecule has 1 amide bonds. The number of rotatable bonds is 4. The number of anilines is 1. The van der Waals surface area contributed by atoms with Crippen LogP contribution in [0, 0.1) is 5.82 Å². The summed E-state index contributed by atoms with van der Waals surface area (Å²) < 4.78 is 38.3. The predicted octanol–water partition coefficient (Wildman–Crippen LogP) is 2.75. The zero-order valence-electron chi connectivity index (χ0n) is 14.7. The molecule has 27 heavy (non-hydrogen) atoms. The number of hydrogen-bond donors (Lipinski definition) is 1. The first-order valence-corrected chi connectivity index (χ1v) is 10.1. The zero-order chi connectivity index (χ0) is 19.2. The Morgan fingerprint density at radius 2 is 1.89 bits per heavy atom. The van der Waals surface area contributed by atoms with Gasteiger partial charge in [0.1, 0.15) is 5.82 Å². The van der Waals surface area contributed by atoms with Gasteiger partial charge in [0.25, 0.3) is 15.9 Å². The first-order valence-electron chi connectivity index (χ1n) is 8.64. The van der Waals surface area contributed by atoms with Gasteiger partial charge in [0.2, 0.25) is 0 Å². The van der Waals surface area contributed by atoms with E-state index in [1.165, 1.54) is 37.4 Å². The third kappa shape index (κ3) is 2.84. The Labute approximate surface area is 156 Å². The van der Waals surface area contributed by atoms with Gasteiger partial charge in [-0.05, 0) is 49.2 Å². The monoisotopic (exact) mass is 390 g/mol. The lowest BCUT2D eigenvalue weighted by Crippen LogP contribution is -2.41. The summed E-state index contributed by atoms with van der Waals surface area (Å²) in [5, 5.41) is 0. The number of hydrogen-bond acceptors (Lipinski definition) is 4. The molecule has 1 aliphatic heterocycles. The maximum Gasteiger partial charge on any atom is 0.262 e. The molecular weight excluding hydrogens is 371 g/mol. The average Bonchev–Trinajstić information content (AvgIpc) is 2.98. The van der Waals surface area contributed by atoms with E-state index in [1.807, 2.05) is 4.89 Å². The van der Waals surface area contributed by atoms with Crippen LogP contribution in [-0.2, 0) is 20.3 Å². The van der Waals surface area contributed by atoms with Crippen molar-refractivity contribution in [1.29, 1.82) is 0 Å². The van der Waals surface area contributed by atoms with Gasteiger partial charge in [-0.3, -0.25) is 9.63 Å². The van der Waals surface area contributed by atoms with Gasteiger partial charge in [-0.2, -0.15) is 0 Å². The molecular formula is C19H19FN2O4S. The predicted molar refractivity (Wildman–Crippen MR) is 97.4 cm³/mol. The third-order valence-corrected chi connectivity index (χ3v) is 6.71. The van der Waals surface area contributed by atoms with Crippen LogP contribution < -0.4 is 9.79 Å². The van der Waals surface area contributed by atoms with Crippen molar-refractivity contribution in [3.05, 3.63) is 59.4 Å². The molecule has 0 bridgehead atoms. The number of benzene rings is 2. The minimum absolute atomic E-state index is 0.00997. The topological polar surface area (TPSA) is 75.7 Å². The second kappa shape index (κ2) is 6.40. The first-order chi connectivity index (χ1) is 12.9. The molecule has 8 heteroatoms. The van der Waals surface area contributed by atoms with Crippen molar-refractivity contribution in [3.63, 3.8) is 0 Å². The van der Waals surface area contributed by atoms with Crippen LogP contribution in [-0.4, -0.2) is 28.0 Å². The van der Waals surface area contributed by atoms with Crippen LogP contribution in [0.2, 0.25) is 0 Å². The molecule has 1 heterocycles. The van der Waals surface area contributed by atoms with Crippen molar-refractivity contribution in [2.75, 3.05) is 18.6 Å². The molecule has 1 aliphatic carbocycles. The summed E-state index contributed by atoms with van der Waals surface area (Å²) in [6, 6.07) is 10.4. The smallest absolute Gasteiger partial charge is 0.262 e. The minimum Gasteiger partial charge on any atom is -0.307 e. The van der Waals surface area contributed by atoms with E-state index in [9.17, 15) is 17.6 Å². The number of sulfonamides is 1. The van der Waals surface area contributed by atoms with E-state index in [4.69, 9.17) is 0 Å². The van der Waals surface area contributed by atoms with Gasteiger partial charge < -0.3 is 4.90 Å². The molecule has 1 spiro atoms. The Morgan fingerprint density at radius 1 is 1.19 bits per heavy atom. The summed E-state index contributed by atoms with van der Waals surface area (Å²) in [7, 11) is -2.58. The van der Waals surface area contributed by atoms with Gasteiger partial charge in [-0.25, -0.2) is 12.8 Å². The Balaban J connectivity index is 1.66. The fourth-order valence-corrected chi connectivity index (χ4v) is 4.82. The van der Waals surface area contributed by atoms with Crippen LogP contribution in [0.5, 0.6) is 0 Å².